The summed E-state index contributed by atoms with van der Waals surface area (Å²) in [6, 6.07) is 17.3. The Morgan fingerprint density at radius 2 is 1.70 bits per heavy atom. The van der Waals surface area contributed by atoms with Gasteiger partial charge in [0.1, 0.15) is 11.5 Å². The second-order valence-electron chi connectivity index (χ2n) is 7.22. The summed E-state index contributed by atoms with van der Waals surface area (Å²) in [7, 11) is 1.75. The minimum absolute atomic E-state index is 0. The monoisotopic (exact) mass is 427 g/mol. The predicted octanol–water partition coefficient (Wildman–Crippen LogP) is 4.00. The third-order valence-corrected chi connectivity index (χ3v) is 5.29. The van der Waals surface area contributed by atoms with Gasteiger partial charge in [-0.05, 0) is 69.3 Å². The van der Waals surface area contributed by atoms with Crippen molar-refractivity contribution in [3.63, 3.8) is 0 Å². The number of benzene rings is 2. The van der Waals surface area contributed by atoms with Crippen LogP contribution >= 0.6 is 12.4 Å². The maximum Gasteiger partial charge on any atom is 0.280 e. The van der Waals surface area contributed by atoms with Crippen molar-refractivity contribution < 1.29 is 9.53 Å². The van der Waals surface area contributed by atoms with Gasteiger partial charge in [0.25, 0.3) is 5.91 Å². The summed E-state index contributed by atoms with van der Waals surface area (Å²) >= 11 is 0. The van der Waals surface area contributed by atoms with Crippen LogP contribution in [0.2, 0.25) is 0 Å². The largest absolute Gasteiger partial charge is 0.457 e. The van der Waals surface area contributed by atoms with E-state index in [1.54, 1.807) is 11.9 Å². The highest BCUT2D eigenvalue weighted by Crippen LogP contribution is 2.25. The zero-order valence-electron chi connectivity index (χ0n) is 17.1. The molecular weight excluding hydrogens is 402 g/mol. The molecule has 1 amide bonds. The molecule has 8 heteroatoms. The Kier molecular flexibility index (Phi) is 7.07. The fourth-order valence-corrected chi connectivity index (χ4v) is 3.58. The predicted molar refractivity (Wildman–Crippen MR) is 119 cm³/mol. The van der Waals surface area contributed by atoms with Crippen LogP contribution in [0.4, 0.5) is 5.69 Å². The first kappa shape index (κ1) is 21.8. The number of amides is 1. The first-order chi connectivity index (χ1) is 14.1. The molecule has 0 unspecified atom stereocenters. The number of nitrogens with one attached hydrogen (secondary N) is 1. The van der Waals surface area contributed by atoms with Crippen LogP contribution in [0.3, 0.4) is 0 Å². The van der Waals surface area contributed by atoms with Crippen molar-refractivity contribution in [3.8, 4) is 11.5 Å². The summed E-state index contributed by atoms with van der Waals surface area (Å²) in [4.78, 5) is 14.6. The molecule has 4 rings (SSSR count). The Balaban J connectivity index is 0.00000256. The van der Waals surface area contributed by atoms with Crippen molar-refractivity contribution in [1.29, 1.82) is 0 Å². The highest BCUT2D eigenvalue weighted by atomic mass is 35.5. The second-order valence-corrected chi connectivity index (χ2v) is 7.22. The number of hydrogen-bond acceptors (Lipinski definition) is 5. The molecule has 1 N–H and O–H groups in total. The third-order valence-electron chi connectivity index (χ3n) is 5.29. The molecule has 0 saturated carbocycles. The van der Waals surface area contributed by atoms with Crippen LogP contribution < -0.4 is 15.0 Å². The maximum absolute atomic E-state index is 13.0. The molecule has 0 spiro atoms. The van der Waals surface area contributed by atoms with Gasteiger partial charge in [-0.2, -0.15) is 0 Å². The van der Waals surface area contributed by atoms with Crippen LogP contribution in [0.25, 0.3) is 0 Å². The lowest BCUT2D eigenvalue weighted by Gasteiger charge is -2.23. The van der Waals surface area contributed by atoms with E-state index in [-0.39, 0.29) is 18.3 Å². The van der Waals surface area contributed by atoms with Crippen LogP contribution in [0.5, 0.6) is 11.5 Å². The Morgan fingerprint density at radius 1 is 1.07 bits per heavy atom. The number of aromatic nitrogens is 3. The van der Waals surface area contributed by atoms with Crippen molar-refractivity contribution in [2.45, 2.75) is 25.8 Å². The van der Waals surface area contributed by atoms with Crippen LogP contribution in [-0.4, -0.2) is 41.0 Å². The zero-order chi connectivity index (χ0) is 20.2. The van der Waals surface area contributed by atoms with Gasteiger partial charge in [-0.25, -0.2) is 4.68 Å². The van der Waals surface area contributed by atoms with E-state index in [9.17, 15) is 4.79 Å². The van der Waals surface area contributed by atoms with Crippen LogP contribution in [0.1, 0.15) is 35.1 Å². The number of halogens is 1. The fraction of sp³-hybridized carbons (Fsp3) is 0.318. The first-order valence-electron chi connectivity index (χ1n) is 9.87. The molecule has 1 aliphatic heterocycles. The first-order valence-corrected chi connectivity index (χ1v) is 9.87. The maximum atomic E-state index is 13.0. The number of rotatable bonds is 5. The van der Waals surface area contributed by atoms with Gasteiger partial charge in [0.05, 0.1) is 11.7 Å². The summed E-state index contributed by atoms with van der Waals surface area (Å²) in [5.74, 6) is 1.32. The molecule has 3 aromatic rings. The Labute approximate surface area is 182 Å². The number of carbonyl (C=O) groups excluding carboxylic acids is 1. The van der Waals surface area contributed by atoms with E-state index >= 15 is 0 Å². The van der Waals surface area contributed by atoms with Gasteiger partial charge in [0.15, 0.2) is 5.69 Å². The lowest BCUT2D eigenvalue weighted by molar-refractivity contribution is 0.0987. The molecule has 7 nitrogen and oxygen atoms in total. The van der Waals surface area contributed by atoms with Crippen molar-refractivity contribution in [2.75, 3.05) is 25.0 Å². The van der Waals surface area contributed by atoms with Crippen molar-refractivity contribution >= 4 is 24.0 Å². The Hall–Kier alpha value is -2.90. The fourth-order valence-electron chi connectivity index (χ4n) is 3.58. The van der Waals surface area contributed by atoms with Gasteiger partial charge in [-0.3, -0.25) is 4.79 Å². The highest BCUT2D eigenvalue weighted by Gasteiger charge is 2.25. The molecule has 158 valence electrons. The van der Waals surface area contributed by atoms with Crippen molar-refractivity contribution in [1.82, 2.24) is 20.3 Å². The van der Waals surface area contributed by atoms with Crippen molar-refractivity contribution in [2.24, 2.45) is 0 Å². The molecule has 2 heterocycles. The van der Waals surface area contributed by atoms with Gasteiger partial charge >= 0.3 is 0 Å². The molecule has 1 aliphatic rings. The second kappa shape index (κ2) is 9.73. The highest BCUT2D eigenvalue weighted by molar-refractivity contribution is 6.05. The number of hydrogen-bond donors (Lipinski definition) is 1. The number of ether oxygens (including phenoxy) is 1. The molecule has 0 aliphatic carbocycles. The Bertz CT molecular complexity index is 969. The number of anilines is 1. The standard InChI is InChI=1S/C22H25N5O2.ClH/c1-16-21(24-25-27(16)18-12-14-23-15-13-18)22(28)26(2)17-8-10-20(11-9-17)29-19-6-4-3-5-7-19;/h3-11,18,23H,12-15H2,1-2H3;1H. The summed E-state index contributed by atoms with van der Waals surface area (Å²) in [5, 5.41) is 11.8. The summed E-state index contributed by atoms with van der Waals surface area (Å²) < 4.78 is 7.72. The molecule has 0 radical (unpaired) electrons. The van der Waals surface area contributed by atoms with E-state index < -0.39 is 0 Å². The Morgan fingerprint density at radius 3 is 2.37 bits per heavy atom. The number of para-hydroxylation sites is 1. The molecule has 0 bridgehead atoms. The minimum atomic E-state index is -0.167. The van der Waals surface area contributed by atoms with Crippen LogP contribution in [-0.2, 0) is 0 Å². The lowest BCUT2D eigenvalue weighted by Crippen LogP contribution is -2.30. The van der Waals surface area contributed by atoms with E-state index in [2.05, 4.69) is 15.6 Å². The molecular formula is C22H26ClN5O2. The van der Waals surface area contributed by atoms with Gasteiger partial charge in [0, 0.05) is 12.7 Å². The number of nitrogens with zero attached hydrogens (tertiary/aromatic N) is 4. The molecule has 1 fully saturated rings. The average molecular weight is 428 g/mol. The molecule has 2 aromatic carbocycles. The summed E-state index contributed by atoms with van der Waals surface area (Å²) in [5.41, 5.74) is 1.99. The molecule has 30 heavy (non-hydrogen) atoms. The molecule has 1 aromatic heterocycles. The minimum Gasteiger partial charge on any atom is -0.457 e. The quantitative estimate of drug-likeness (QED) is 0.666. The van der Waals surface area contributed by atoms with E-state index in [0.717, 1.165) is 43.1 Å². The number of carbonyl (C=O) groups is 1. The van der Waals surface area contributed by atoms with Crippen molar-refractivity contribution in [3.05, 3.63) is 66.0 Å². The van der Waals surface area contributed by atoms with Gasteiger partial charge in [-0.15, -0.1) is 17.5 Å². The lowest BCUT2D eigenvalue weighted by atomic mass is 10.1. The van der Waals surface area contributed by atoms with Gasteiger partial charge in [-0.1, -0.05) is 23.4 Å². The van der Waals surface area contributed by atoms with E-state index in [1.165, 1.54) is 0 Å². The smallest absolute Gasteiger partial charge is 0.280 e. The van der Waals surface area contributed by atoms with E-state index in [1.807, 2.05) is 66.2 Å². The number of piperidine rings is 1. The molecule has 0 atom stereocenters. The van der Waals surface area contributed by atoms with Gasteiger partial charge < -0.3 is 15.0 Å². The average Bonchev–Trinajstić information content (AvgIpc) is 3.16. The SMILES string of the molecule is Cc1c(C(=O)N(C)c2ccc(Oc3ccccc3)cc2)nnn1C1CCNCC1.Cl. The van der Waals surface area contributed by atoms with Crippen LogP contribution in [0.15, 0.2) is 54.6 Å². The summed E-state index contributed by atoms with van der Waals surface area (Å²) in [6.45, 7) is 3.84. The van der Waals surface area contributed by atoms with E-state index in [0.29, 0.717) is 17.5 Å². The normalized spacial score (nSPS) is 14.1. The van der Waals surface area contributed by atoms with Gasteiger partial charge in [0.2, 0.25) is 0 Å². The van der Waals surface area contributed by atoms with Crippen LogP contribution in [0, 0.1) is 6.92 Å². The zero-order valence-corrected chi connectivity index (χ0v) is 17.9. The van der Waals surface area contributed by atoms with E-state index in [4.69, 9.17) is 4.74 Å². The summed E-state index contributed by atoms with van der Waals surface area (Å²) in [6.07, 6.45) is 1.99. The third kappa shape index (κ3) is 4.63. The topological polar surface area (TPSA) is 72.3 Å². The molecule has 1 saturated heterocycles.